The molecule has 3 rings (SSSR count). The van der Waals surface area contributed by atoms with Crippen LogP contribution < -0.4 is 10.6 Å². The highest BCUT2D eigenvalue weighted by Crippen LogP contribution is 2.25. The quantitative estimate of drug-likeness (QED) is 0.899. The standard InChI is InChI=1S/C16H18N2O2/c1-17-15(13-6-8-20-10-13)12-5-4-11-3-2-7-18-16(19)14(11)9-12/h4-6,8-10,15,17H,2-3,7H2,1H3,(H,18,19). The van der Waals surface area contributed by atoms with E-state index < -0.39 is 0 Å². The van der Waals surface area contributed by atoms with Crippen molar-refractivity contribution in [3.05, 3.63) is 59.0 Å². The van der Waals surface area contributed by atoms with E-state index in [1.807, 2.05) is 19.2 Å². The van der Waals surface area contributed by atoms with Gasteiger partial charge in [-0.05, 0) is 43.1 Å². The summed E-state index contributed by atoms with van der Waals surface area (Å²) >= 11 is 0. The molecule has 1 aliphatic rings. The molecule has 1 aliphatic heterocycles. The summed E-state index contributed by atoms with van der Waals surface area (Å²) in [4.78, 5) is 12.1. The Morgan fingerprint density at radius 1 is 1.30 bits per heavy atom. The van der Waals surface area contributed by atoms with E-state index in [0.29, 0.717) is 0 Å². The minimum atomic E-state index is 0.0291. The summed E-state index contributed by atoms with van der Waals surface area (Å²) in [5.74, 6) is 0.0291. The maximum Gasteiger partial charge on any atom is 0.251 e. The second-order valence-electron chi connectivity index (χ2n) is 5.05. The molecular formula is C16H18N2O2. The van der Waals surface area contributed by atoms with Crippen LogP contribution in [0.1, 0.15) is 39.5 Å². The number of benzene rings is 1. The van der Waals surface area contributed by atoms with E-state index in [-0.39, 0.29) is 11.9 Å². The van der Waals surface area contributed by atoms with Gasteiger partial charge in [-0.3, -0.25) is 4.79 Å². The fraction of sp³-hybridized carbons (Fsp3) is 0.312. The van der Waals surface area contributed by atoms with Gasteiger partial charge in [0.1, 0.15) is 0 Å². The molecule has 1 atom stereocenters. The van der Waals surface area contributed by atoms with Crippen molar-refractivity contribution in [3.63, 3.8) is 0 Å². The van der Waals surface area contributed by atoms with Crippen molar-refractivity contribution in [3.8, 4) is 0 Å². The van der Waals surface area contributed by atoms with Crippen LogP contribution in [-0.2, 0) is 6.42 Å². The van der Waals surface area contributed by atoms with E-state index in [1.165, 1.54) is 0 Å². The Morgan fingerprint density at radius 3 is 2.95 bits per heavy atom. The van der Waals surface area contributed by atoms with E-state index in [0.717, 1.165) is 41.6 Å². The first-order valence-electron chi connectivity index (χ1n) is 6.90. The number of rotatable bonds is 3. The maximum atomic E-state index is 12.1. The van der Waals surface area contributed by atoms with Gasteiger partial charge >= 0.3 is 0 Å². The minimum Gasteiger partial charge on any atom is -0.472 e. The molecule has 4 nitrogen and oxygen atoms in total. The Kier molecular flexibility index (Phi) is 3.56. The van der Waals surface area contributed by atoms with E-state index in [1.54, 1.807) is 12.5 Å². The summed E-state index contributed by atoms with van der Waals surface area (Å²) in [5.41, 5.74) is 4.06. The smallest absolute Gasteiger partial charge is 0.251 e. The lowest BCUT2D eigenvalue weighted by Crippen LogP contribution is -2.23. The zero-order chi connectivity index (χ0) is 13.9. The van der Waals surface area contributed by atoms with Crippen molar-refractivity contribution >= 4 is 5.91 Å². The lowest BCUT2D eigenvalue weighted by molar-refractivity contribution is 0.0956. The topological polar surface area (TPSA) is 54.3 Å². The predicted molar refractivity (Wildman–Crippen MR) is 76.7 cm³/mol. The minimum absolute atomic E-state index is 0.0291. The molecule has 1 unspecified atom stereocenters. The molecule has 4 heteroatoms. The van der Waals surface area contributed by atoms with Crippen molar-refractivity contribution in [2.75, 3.05) is 13.6 Å². The number of aryl methyl sites for hydroxylation is 1. The van der Waals surface area contributed by atoms with Crippen molar-refractivity contribution in [1.29, 1.82) is 0 Å². The summed E-state index contributed by atoms with van der Waals surface area (Å²) in [6.07, 6.45) is 5.34. The predicted octanol–water partition coefficient (Wildman–Crippen LogP) is 2.26. The van der Waals surface area contributed by atoms with Gasteiger partial charge in [0.25, 0.3) is 5.91 Å². The van der Waals surface area contributed by atoms with Crippen LogP contribution in [0, 0.1) is 0 Å². The third-order valence-corrected chi connectivity index (χ3v) is 3.79. The van der Waals surface area contributed by atoms with Crippen LogP contribution in [0.25, 0.3) is 0 Å². The molecule has 104 valence electrons. The summed E-state index contributed by atoms with van der Waals surface area (Å²) in [6, 6.07) is 8.12. The molecule has 0 spiro atoms. The maximum absolute atomic E-state index is 12.1. The highest BCUT2D eigenvalue weighted by Gasteiger charge is 2.19. The van der Waals surface area contributed by atoms with Gasteiger partial charge < -0.3 is 15.1 Å². The third kappa shape index (κ3) is 2.34. The van der Waals surface area contributed by atoms with Crippen LogP contribution in [0.2, 0.25) is 0 Å². The molecule has 2 aromatic rings. The first-order valence-corrected chi connectivity index (χ1v) is 6.90. The Balaban J connectivity index is 2.00. The lowest BCUT2D eigenvalue weighted by Gasteiger charge is -2.17. The van der Waals surface area contributed by atoms with Gasteiger partial charge in [0.15, 0.2) is 0 Å². The molecule has 0 fully saturated rings. The van der Waals surface area contributed by atoms with Gasteiger partial charge in [-0.25, -0.2) is 0 Å². The van der Waals surface area contributed by atoms with E-state index in [2.05, 4.69) is 22.8 Å². The second-order valence-corrected chi connectivity index (χ2v) is 5.05. The Bertz CT molecular complexity index is 605. The van der Waals surface area contributed by atoms with Gasteiger partial charge in [0.2, 0.25) is 0 Å². The van der Waals surface area contributed by atoms with Gasteiger partial charge in [-0.1, -0.05) is 12.1 Å². The molecule has 1 aromatic carbocycles. The number of carbonyl (C=O) groups excluding carboxylic acids is 1. The fourth-order valence-electron chi connectivity index (χ4n) is 2.74. The van der Waals surface area contributed by atoms with E-state index in [4.69, 9.17) is 4.42 Å². The van der Waals surface area contributed by atoms with Crippen LogP contribution >= 0.6 is 0 Å². The number of nitrogens with one attached hydrogen (secondary N) is 2. The van der Waals surface area contributed by atoms with Crippen LogP contribution in [-0.4, -0.2) is 19.5 Å². The summed E-state index contributed by atoms with van der Waals surface area (Å²) in [7, 11) is 1.91. The SMILES string of the molecule is CNC(c1ccoc1)c1ccc2c(c1)C(=O)NCCC2. The molecule has 1 amide bonds. The average Bonchev–Trinajstić information content (AvgIpc) is 2.92. The van der Waals surface area contributed by atoms with Crippen LogP contribution in [0.4, 0.5) is 0 Å². The van der Waals surface area contributed by atoms with Crippen molar-refractivity contribution in [2.24, 2.45) is 0 Å². The monoisotopic (exact) mass is 270 g/mol. The Hall–Kier alpha value is -2.07. The first-order chi connectivity index (χ1) is 9.79. The zero-order valence-electron chi connectivity index (χ0n) is 11.5. The lowest BCUT2D eigenvalue weighted by atomic mass is 9.95. The summed E-state index contributed by atoms with van der Waals surface area (Å²) in [6.45, 7) is 0.750. The van der Waals surface area contributed by atoms with Crippen molar-refractivity contribution in [2.45, 2.75) is 18.9 Å². The zero-order valence-corrected chi connectivity index (χ0v) is 11.5. The second kappa shape index (κ2) is 5.51. The van der Waals surface area contributed by atoms with Gasteiger partial charge in [-0.15, -0.1) is 0 Å². The molecule has 1 aromatic heterocycles. The summed E-state index contributed by atoms with van der Waals surface area (Å²) in [5, 5.41) is 6.21. The van der Waals surface area contributed by atoms with Gasteiger partial charge in [0.05, 0.1) is 18.6 Å². The molecule has 0 saturated heterocycles. The number of hydrogen-bond donors (Lipinski definition) is 2. The highest BCUT2D eigenvalue weighted by molar-refractivity contribution is 5.96. The van der Waals surface area contributed by atoms with Crippen molar-refractivity contribution < 1.29 is 9.21 Å². The molecular weight excluding hydrogens is 252 g/mol. The number of fused-ring (bicyclic) bond motifs is 1. The van der Waals surface area contributed by atoms with Gasteiger partial charge in [0, 0.05) is 17.7 Å². The molecule has 20 heavy (non-hydrogen) atoms. The number of furan rings is 1. The molecule has 0 bridgehead atoms. The molecule has 2 heterocycles. The first kappa shape index (κ1) is 12.9. The molecule has 0 aliphatic carbocycles. The molecule has 0 radical (unpaired) electrons. The molecule has 2 N–H and O–H groups in total. The highest BCUT2D eigenvalue weighted by atomic mass is 16.3. The summed E-state index contributed by atoms with van der Waals surface area (Å²) < 4.78 is 5.15. The number of amides is 1. The Labute approximate surface area is 118 Å². The van der Waals surface area contributed by atoms with E-state index in [9.17, 15) is 4.79 Å². The fourth-order valence-corrected chi connectivity index (χ4v) is 2.74. The van der Waals surface area contributed by atoms with E-state index >= 15 is 0 Å². The van der Waals surface area contributed by atoms with Crippen molar-refractivity contribution in [1.82, 2.24) is 10.6 Å². The third-order valence-electron chi connectivity index (χ3n) is 3.79. The van der Waals surface area contributed by atoms with Crippen LogP contribution in [0.5, 0.6) is 0 Å². The normalized spacial score (nSPS) is 16.1. The van der Waals surface area contributed by atoms with Gasteiger partial charge in [-0.2, -0.15) is 0 Å². The van der Waals surface area contributed by atoms with Crippen LogP contribution in [0.3, 0.4) is 0 Å². The van der Waals surface area contributed by atoms with Crippen LogP contribution in [0.15, 0.2) is 41.2 Å². The Morgan fingerprint density at radius 2 is 2.20 bits per heavy atom. The molecule has 0 saturated carbocycles. The number of carbonyl (C=O) groups is 1. The number of hydrogen-bond acceptors (Lipinski definition) is 3. The average molecular weight is 270 g/mol. The largest absolute Gasteiger partial charge is 0.472 e.